The van der Waals surface area contributed by atoms with Crippen molar-refractivity contribution in [3.63, 3.8) is 0 Å². The number of carboxylic acids is 1. The summed E-state index contributed by atoms with van der Waals surface area (Å²) in [5, 5.41) is 8.21. The first-order chi connectivity index (χ1) is 33.0. The lowest BCUT2D eigenvalue weighted by molar-refractivity contribution is -0.146. The first-order valence-electron chi connectivity index (χ1n) is 22.5. The van der Waals surface area contributed by atoms with Gasteiger partial charge in [0.25, 0.3) is 17.7 Å². The fourth-order valence-electron chi connectivity index (χ4n) is 6.59. The third kappa shape index (κ3) is 21.6. The van der Waals surface area contributed by atoms with Crippen LogP contribution in [0.5, 0.6) is 5.75 Å². The van der Waals surface area contributed by atoms with Gasteiger partial charge in [0.2, 0.25) is 5.91 Å². The molecule has 0 aromatic heterocycles. The van der Waals surface area contributed by atoms with E-state index in [1.54, 1.807) is 17.1 Å². The number of benzene rings is 2. The molecule has 0 bridgehead atoms. The van der Waals surface area contributed by atoms with Crippen molar-refractivity contribution < 1.29 is 61.9 Å². The molecule has 2 aromatic carbocycles. The Morgan fingerprint density at radius 1 is 1.01 bits per heavy atom. The number of nitrogens with two attached hydrogens (primary N) is 1. The second kappa shape index (κ2) is 33.4. The Morgan fingerprint density at radius 3 is 2.10 bits per heavy atom. The van der Waals surface area contributed by atoms with Gasteiger partial charge in [0.15, 0.2) is 18.8 Å². The number of aliphatic carboxylic acids is 1. The van der Waals surface area contributed by atoms with Crippen LogP contribution < -0.4 is 20.3 Å². The molecule has 22 heteroatoms. The number of hydrogen-bond donors (Lipinski definition) is 3. The SMILES string of the molecule is C=CCN(CC=C)C(=O)C(Cl)Cl.CCCCCOC(=O)COc1cc(N2C(=O)C3=C(CCCC3)C2=O)c(F)cc1Cl.CCOCN(C(=O)CCl)c1c(C)cccc1CC.CP(=O)(O)CCC(N)C(=O)O. The minimum atomic E-state index is -3.10. The molecular formula is C48H66Cl4FN4O12P. The van der Waals surface area contributed by atoms with Gasteiger partial charge in [-0.05, 0) is 76.0 Å². The van der Waals surface area contributed by atoms with Gasteiger partial charge < -0.3 is 34.8 Å². The third-order valence-corrected chi connectivity index (χ3v) is 12.2. The summed E-state index contributed by atoms with van der Waals surface area (Å²) in [7, 11) is -3.10. The maximum Gasteiger partial charge on any atom is 0.344 e. The minimum Gasteiger partial charge on any atom is -0.480 e. The van der Waals surface area contributed by atoms with E-state index in [4.69, 9.17) is 76.3 Å². The molecule has 4 N–H and O–H groups in total. The summed E-state index contributed by atoms with van der Waals surface area (Å²) >= 11 is 22.5. The second-order valence-corrected chi connectivity index (χ2v) is 20.0. The summed E-state index contributed by atoms with van der Waals surface area (Å²) in [4.78, 5) is 82.1. The van der Waals surface area contributed by atoms with Gasteiger partial charge in [-0.1, -0.05) is 91.8 Å². The zero-order valence-electron chi connectivity index (χ0n) is 40.4. The van der Waals surface area contributed by atoms with Gasteiger partial charge in [-0.2, -0.15) is 0 Å². The number of anilines is 2. The van der Waals surface area contributed by atoms with E-state index in [1.807, 2.05) is 39.0 Å². The molecule has 16 nitrogen and oxygen atoms in total. The average molecular weight is 1080 g/mol. The molecule has 70 heavy (non-hydrogen) atoms. The predicted molar refractivity (Wildman–Crippen MR) is 274 cm³/mol. The van der Waals surface area contributed by atoms with Crippen molar-refractivity contribution in [3.05, 3.63) is 88.8 Å². The van der Waals surface area contributed by atoms with Crippen molar-refractivity contribution in [1.82, 2.24) is 4.90 Å². The Hall–Kier alpha value is -4.32. The number of rotatable bonds is 23. The number of esters is 1. The first-order valence-corrected chi connectivity index (χ1v) is 26.6. The van der Waals surface area contributed by atoms with Gasteiger partial charge in [-0.3, -0.25) is 33.4 Å². The molecule has 2 aromatic rings. The number of imide groups is 1. The number of ether oxygens (including phenoxy) is 3. The largest absolute Gasteiger partial charge is 0.480 e. The normalized spacial score (nSPS) is 14.0. The minimum absolute atomic E-state index is 0.000883. The average Bonchev–Trinajstić information content (AvgIpc) is 3.57. The fourth-order valence-corrected chi connectivity index (χ4v) is 7.97. The zero-order chi connectivity index (χ0) is 53.1. The predicted octanol–water partition coefficient (Wildman–Crippen LogP) is 9.14. The Balaban J connectivity index is 0.000000511. The highest BCUT2D eigenvalue weighted by atomic mass is 35.5. The monoisotopic (exact) mass is 1080 g/mol. The van der Waals surface area contributed by atoms with E-state index in [9.17, 15) is 37.7 Å². The zero-order valence-corrected chi connectivity index (χ0v) is 44.3. The van der Waals surface area contributed by atoms with Crippen LogP contribution in [-0.4, -0.2) is 120 Å². The Morgan fingerprint density at radius 2 is 1.61 bits per heavy atom. The smallest absolute Gasteiger partial charge is 0.344 e. The molecule has 0 saturated carbocycles. The number of hydrogen-bond acceptors (Lipinski definition) is 11. The molecule has 4 rings (SSSR count). The van der Waals surface area contributed by atoms with Crippen LogP contribution in [0, 0.1) is 12.7 Å². The molecule has 0 fully saturated rings. The molecule has 1 aliphatic heterocycles. The Kier molecular flexibility index (Phi) is 30.3. The summed E-state index contributed by atoms with van der Waals surface area (Å²) in [6, 6.07) is 7.14. The molecule has 2 unspecified atom stereocenters. The first kappa shape index (κ1) is 63.7. The molecule has 1 aliphatic carbocycles. The highest BCUT2D eigenvalue weighted by molar-refractivity contribution is 7.57. The number of alkyl halides is 3. The van der Waals surface area contributed by atoms with E-state index >= 15 is 0 Å². The van der Waals surface area contributed by atoms with Crippen LogP contribution in [0.4, 0.5) is 15.8 Å². The maximum atomic E-state index is 14.5. The third-order valence-electron chi connectivity index (χ3n) is 10.2. The number of carboxylic acid groups (broad SMARTS) is 1. The number of amides is 4. The van der Waals surface area contributed by atoms with Gasteiger partial charge in [-0.25, -0.2) is 14.1 Å². The number of unbranched alkanes of at least 4 members (excludes halogenated alkanes) is 2. The van der Waals surface area contributed by atoms with Crippen molar-refractivity contribution >= 4 is 101 Å². The van der Waals surface area contributed by atoms with Crippen LogP contribution in [0.3, 0.4) is 0 Å². The maximum absolute atomic E-state index is 14.5. The van der Waals surface area contributed by atoms with Gasteiger partial charge in [-0.15, -0.1) is 24.8 Å². The number of carbonyl (C=O) groups is 6. The highest BCUT2D eigenvalue weighted by Gasteiger charge is 2.41. The highest BCUT2D eigenvalue weighted by Crippen LogP contribution is 2.40. The number of nitrogens with zero attached hydrogens (tertiary/aromatic N) is 3. The van der Waals surface area contributed by atoms with E-state index in [2.05, 4.69) is 20.1 Å². The molecule has 0 spiro atoms. The van der Waals surface area contributed by atoms with Crippen molar-refractivity contribution in [3.8, 4) is 5.75 Å². The molecule has 0 saturated heterocycles. The number of halogens is 5. The second-order valence-electron chi connectivity index (χ2n) is 15.7. The van der Waals surface area contributed by atoms with Crippen LogP contribution in [0.15, 0.2) is 66.8 Å². The van der Waals surface area contributed by atoms with Gasteiger partial charge >= 0.3 is 11.9 Å². The molecule has 1 heterocycles. The fraction of sp³-hybridized carbons (Fsp3) is 0.500. The number of aryl methyl sites for hydroxylation is 2. The van der Waals surface area contributed by atoms with E-state index in [0.29, 0.717) is 50.3 Å². The summed E-state index contributed by atoms with van der Waals surface area (Å²) in [6.07, 6.45) is 9.49. The number of carbonyl (C=O) groups excluding carboxylic acids is 5. The lowest BCUT2D eigenvalue weighted by atomic mass is 9.93. The van der Waals surface area contributed by atoms with E-state index in [-0.39, 0.29) is 53.5 Å². The standard InChI is InChI=1S/C21H23ClFNO5.C14H20ClNO2.C8H11Cl2NO.C5H12NO4P/c1-2-3-6-9-28-19(25)12-29-18-11-17(16(23)10-15(18)22)24-20(26)13-7-4-5-8-14(13)21(24)27;1-4-12-8-6-7-11(3)14(12)16(10-18-5-2)13(17)9-15;1-3-5-11(6-4-2)8(12)7(9)10;1-11(9,10)3-2-4(6)5(7)8/h10-11H,2-9,12H2,1H3;6-8H,4-5,9-10H2,1-3H3;3-4,7H,1-2,5-6H2;4H,2-3,6H2,1H3,(H,7,8)(H,9,10). The summed E-state index contributed by atoms with van der Waals surface area (Å²) in [6.45, 7) is 17.8. The molecule has 0 radical (unpaired) electrons. The van der Waals surface area contributed by atoms with E-state index < -0.39 is 54.4 Å². The molecule has 2 atom stereocenters. The van der Waals surface area contributed by atoms with Crippen molar-refractivity contribution in [1.29, 1.82) is 0 Å². The van der Waals surface area contributed by atoms with Gasteiger partial charge in [0.05, 0.1) is 23.0 Å². The van der Waals surface area contributed by atoms with Crippen molar-refractivity contribution in [2.24, 2.45) is 5.73 Å². The van der Waals surface area contributed by atoms with Gasteiger partial charge in [0, 0.05) is 49.7 Å². The molecular weight excluding hydrogens is 1020 g/mol. The van der Waals surface area contributed by atoms with Crippen molar-refractivity contribution in [2.75, 3.05) is 68.1 Å². The van der Waals surface area contributed by atoms with E-state index in [0.717, 1.165) is 66.3 Å². The van der Waals surface area contributed by atoms with Crippen LogP contribution in [0.25, 0.3) is 0 Å². The van der Waals surface area contributed by atoms with E-state index in [1.165, 1.54) is 17.6 Å². The molecule has 4 amide bonds. The number of para-hydroxylation sites is 1. The van der Waals surface area contributed by atoms with Crippen LogP contribution in [0.1, 0.15) is 83.3 Å². The Labute approximate surface area is 430 Å². The summed E-state index contributed by atoms with van der Waals surface area (Å²) in [5.74, 6) is -4.03. The van der Waals surface area contributed by atoms with Crippen LogP contribution in [-0.2, 0) is 49.2 Å². The van der Waals surface area contributed by atoms with Crippen LogP contribution >= 0.6 is 53.8 Å². The molecule has 2 aliphatic rings. The Bertz CT molecular complexity index is 2150. The van der Waals surface area contributed by atoms with Crippen molar-refractivity contribution in [2.45, 2.75) is 96.4 Å². The summed E-state index contributed by atoms with van der Waals surface area (Å²) in [5.41, 5.74) is 8.89. The topological polar surface area (TPSA) is 223 Å². The quantitative estimate of drug-likeness (QED) is 0.0180. The molecule has 390 valence electrons. The van der Waals surface area contributed by atoms with Crippen LogP contribution in [0.2, 0.25) is 5.02 Å². The lowest BCUT2D eigenvalue weighted by Crippen LogP contribution is -2.35. The van der Waals surface area contributed by atoms with Gasteiger partial charge in [0.1, 0.15) is 30.2 Å². The lowest BCUT2D eigenvalue weighted by Gasteiger charge is -2.25. The summed E-state index contributed by atoms with van der Waals surface area (Å²) < 4.78 is 41.0.